The van der Waals surface area contributed by atoms with Crippen molar-refractivity contribution in [2.75, 3.05) is 5.73 Å². The molecule has 0 radical (unpaired) electrons. The van der Waals surface area contributed by atoms with Gasteiger partial charge in [0.15, 0.2) is 0 Å². The second kappa shape index (κ2) is 7.49. The Labute approximate surface area is 127 Å². The van der Waals surface area contributed by atoms with Gasteiger partial charge in [-0.1, -0.05) is 0 Å². The van der Waals surface area contributed by atoms with E-state index in [2.05, 4.69) is 10.3 Å². The molecule has 5 nitrogen and oxygen atoms in total. The average Bonchev–Trinajstić information content (AvgIpc) is 2.70. The molecule has 106 valence electrons. The number of nitrogens with zero attached hydrogens (tertiary/aromatic N) is 1. The van der Waals surface area contributed by atoms with Crippen molar-refractivity contribution in [1.82, 2.24) is 10.3 Å². The Balaban J connectivity index is 0.00000162. The smallest absolute Gasteiger partial charge is 0.236 e. The topological polar surface area (TPSA) is 94.0 Å². The van der Waals surface area contributed by atoms with Crippen molar-refractivity contribution in [1.29, 1.82) is 0 Å². The summed E-state index contributed by atoms with van der Waals surface area (Å²) in [5, 5.41) is 3.70. The van der Waals surface area contributed by atoms with E-state index in [1.165, 1.54) is 0 Å². The molecule has 0 spiro atoms. The fourth-order valence-corrected chi connectivity index (χ4v) is 2.46. The molecule has 0 aliphatic rings. The van der Waals surface area contributed by atoms with Gasteiger partial charge in [0, 0.05) is 21.2 Å². The predicted octanol–water partition coefficient (Wildman–Crippen LogP) is 1.69. The van der Waals surface area contributed by atoms with E-state index in [0.29, 0.717) is 12.4 Å². The van der Waals surface area contributed by atoms with Crippen LogP contribution in [-0.2, 0) is 11.3 Å². The number of rotatable bonds is 3. The van der Waals surface area contributed by atoms with E-state index >= 15 is 0 Å². The molecule has 5 N–H and O–H groups in total. The Kier molecular flexibility index (Phi) is 7.07. The van der Waals surface area contributed by atoms with Crippen LogP contribution < -0.4 is 16.8 Å². The van der Waals surface area contributed by atoms with Gasteiger partial charge in [0.25, 0.3) is 0 Å². The van der Waals surface area contributed by atoms with Gasteiger partial charge < -0.3 is 16.8 Å². The third-order valence-electron chi connectivity index (χ3n) is 2.38. The molecule has 0 aliphatic heterocycles. The first-order valence-corrected chi connectivity index (χ1v) is 6.06. The van der Waals surface area contributed by atoms with Crippen molar-refractivity contribution in [2.45, 2.75) is 19.5 Å². The maximum atomic E-state index is 11.3. The Hall–Kier alpha value is -1.08. The van der Waals surface area contributed by atoms with Crippen LogP contribution in [0.4, 0.5) is 5.82 Å². The lowest BCUT2D eigenvalue weighted by Crippen LogP contribution is -2.37. The van der Waals surface area contributed by atoms with Gasteiger partial charge in [0.05, 0.1) is 12.6 Å². The van der Waals surface area contributed by atoms with Gasteiger partial charge in [-0.15, -0.1) is 36.2 Å². The van der Waals surface area contributed by atoms with Crippen LogP contribution >= 0.6 is 36.2 Å². The highest BCUT2D eigenvalue weighted by molar-refractivity contribution is 7.19. The molecule has 0 fully saturated rings. The van der Waals surface area contributed by atoms with Gasteiger partial charge in [-0.05, 0) is 19.1 Å². The molecule has 2 rings (SSSR count). The van der Waals surface area contributed by atoms with Crippen molar-refractivity contribution < 1.29 is 4.79 Å². The molecule has 2 aromatic heterocycles. The van der Waals surface area contributed by atoms with Gasteiger partial charge in [-0.25, -0.2) is 4.98 Å². The Morgan fingerprint density at radius 3 is 2.79 bits per heavy atom. The number of nitrogens with two attached hydrogens (primary N) is 2. The first-order valence-electron chi connectivity index (χ1n) is 5.24. The zero-order valence-electron chi connectivity index (χ0n) is 10.3. The molecule has 1 atom stereocenters. The summed E-state index contributed by atoms with van der Waals surface area (Å²) in [4.78, 5) is 16.4. The number of fused-ring (bicyclic) bond motifs is 1. The van der Waals surface area contributed by atoms with E-state index in [-0.39, 0.29) is 30.7 Å². The number of halogens is 2. The minimum absolute atomic E-state index is 0. The summed E-state index contributed by atoms with van der Waals surface area (Å²) in [6.45, 7) is 2.13. The Morgan fingerprint density at radius 2 is 2.21 bits per heavy atom. The third kappa shape index (κ3) is 4.21. The number of pyridine rings is 1. The van der Waals surface area contributed by atoms with Crippen LogP contribution in [0, 0.1) is 0 Å². The first-order chi connectivity index (χ1) is 8.08. The molecule has 0 saturated carbocycles. The van der Waals surface area contributed by atoms with Crippen molar-refractivity contribution in [2.24, 2.45) is 5.73 Å². The van der Waals surface area contributed by atoms with E-state index in [4.69, 9.17) is 11.5 Å². The number of amides is 1. The predicted molar refractivity (Wildman–Crippen MR) is 84.0 cm³/mol. The molecule has 0 saturated heterocycles. The van der Waals surface area contributed by atoms with Crippen LogP contribution in [0.25, 0.3) is 10.1 Å². The molecule has 0 aliphatic carbocycles. The van der Waals surface area contributed by atoms with Crippen LogP contribution in [0.5, 0.6) is 0 Å². The largest absolute Gasteiger partial charge is 0.383 e. The first kappa shape index (κ1) is 17.9. The standard InChI is InChI=1S/C11H14N4OS.2ClH/c1-6(12)11(16)15-5-7-4-8-9(17-7)2-3-14-10(8)13;;/h2-4,6H,5,12H2,1H3,(H2,13,14)(H,15,16);2*1H. The normalized spacial score (nSPS) is 11.3. The number of carbonyl (C=O) groups is 1. The Bertz CT molecular complexity index is 559. The minimum Gasteiger partial charge on any atom is -0.383 e. The van der Waals surface area contributed by atoms with Gasteiger partial charge in [-0.2, -0.15) is 0 Å². The molecule has 1 unspecified atom stereocenters. The van der Waals surface area contributed by atoms with Crippen LogP contribution in [0.15, 0.2) is 18.3 Å². The second-order valence-corrected chi connectivity index (χ2v) is 5.00. The van der Waals surface area contributed by atoms with Crippen LogP contribution in [0.2, 0.25) is 0 Å². The minimum atomic E-state index is -0.490. The number of nitrogen functional groups attached to an aromatic ring is 1. The molecule has 0 bridgehead atoms. The molecule has 2 heterocycles. The third-order valence-corrected chi connectivity index (χ3v) is 3.48. The van der Waals surface area contributed by atoms with Crippen molar-refractivity contribution in [3.63, 3.8) is 0 Å². The fraction of sp³-hybridized carbons (Fsp3) is 0.273. The SMILES string of the molecule is CC(N)C(=O)NCc1cc2c(N)nccc2s1.Cl.Cl. The molecule has 19 heavy (non-hydrogen) atoms. The summed E-state index contributed by atoms with van der Waals surface area (Å²) in [5.74, 6) is 0.358. The number of aromatic nitrogens is 1. The molecule has 8 heteroatoms. The maximum Gasteiger partial charge on any atom is 0.236 e. The van der Waals surface area contributed by atoms with Crippen molar-refractivity contribution in [3.05, 3.63) is 23.2 Å². The van der Waals surface area contributed by atoms with Crippen LogP contribution in [0.3, 0.4) is 0 Å². The number of carbonyl (C=O) groups excluding carboxylic acids is 1. The second-order valence-electron chi connectivity index (χ2n) is 3.83. The number of anilines is 1. The average molecular weight is 323 g/mol. The fourth-order valence-electron chi connectivity index (χ4n) is 1.46. The summed E-state index contributed by atoms with van der Waals surface area (Å²) in [6.07, 6.45) is 1.68. The molecular weight excluding hydrogens is 307 g/mol. The lowest BCUT2D eigenvalue weighted by molar-refractivity contribution is -0.122. The number of thiophene rings is 1. The highest BCUT2D eigenvalue weighted by Crippen LogP contribution is 2.28. The van der Waals surface area contributed by atoms with Crippen molar-refractivity contribution >= 4 is 58.0 Å². The zero-order chi connectivity index (χ0) is 12.4. The van der Waals surface area contributed by atoms with E-state index in [1.807, 2.05) is 12.1 Å². The van der Waals surface area contributed by atoms with Gasteiger partial charge >= 0.3 is 0 Å². The maximum absolute atomic E-state index is 11.3. The van der Waals surface area contributed by atoms with Gasteiger partial charge in [0.1, 0.15) is 5.82 Å². The lowest BCUT2D eigenvalue weighted by atomic mass is 10.3. The molecule has 1 amide bonds. The number of nitrogens with one attached hydrogen (secondary N) is 1. The monoisotopic (exact) mass is 322 g/mol. The molecule has 0 aromatic carbocycles. The van der Waals surface area contributed by atoms with Gasteiger partial charge in [0.2, 0.25) is 5.91 Å². The van der Waals surface area contributed by atoms with Gasteiger partial charge in [-0.3, -0.25) is 4.79 Å². The molecule has 2 aromatic rings. The van der Waals surface area contributed by atoms with E-state index in [9.17, 15) is 4.79 Å². The summed E-state index contributed by atoms with van der Waals surface area (Å²) in [5.41, 5.74) is 11.2. The quantitative estimate of drug-likeness (QED) is 0.801. The van der Waals surface area contributed by atoms with Crippen molar-refractivity contribution in [3.8, 4) is 0 Å². The lowest BCUT2D eigenvalue weighted by Gasteiger charge is -2.05. The van der Waals surface area contributed by atoms with Crippen LogP contribution in [0.1, 0.15) is 11.8 Å². The summed E-state index contributed by atoms with van der Waals surface area (Å²) >= 11 is 1.59. The summed E-state index contributed by atoms with van der Waals surface area (Å²) in [7, 11) is 0. The van der Waals surface area contributed by atoms with E-state index in [1.54, 1.807) is 24.5 Å². The van der Waals surface area contributed by atoms with E-state index in [0.717, 1.165) is 15.0 Å². The summed E-state index contributed by atoms with van der Waals surface area (Å²) in [6, 6.07) is 3.37. The summed E-state index contributed by atoms with van der Waals surface area (Å²) < 4.78 is 1.07. The van der Waals surface area contributed by atoms with E-state index < -0.39 is 6.04 Å². The zero-order valence-corrected chi connectivity index (χ0v) is 12.7. The number of hydrogen-bond donors (Lipinski definition) is 3. The highest BCUT2D eigenvalue weighted by Gasteiger charge is 2.09. The van der Waals surface area contributed by atoms with Crippen LogP contribution in [-0.4, -0.2) is 16.9 Å². The Morgan fingerprint density at radius 1 is 1.53 bits per heavy atom. The number of hydrogen-bond acceptors (Lipinski definition) is 5. The molecular formula is C11H16Cl2N4OS. The highest BCUT2D eigenvalue weighted by atomic mass is 35.5.